The van der Waals surface area contributed by atoms with Gasteiger partial charge < -0.3 is 5.11 Å². The molecule has 0 unspecified atom stereocenters. The summed E-state index contributed by atoms with van der Waals surface area (Å²) >= 11 is 1.14. The highest BCUT2D eigenvalue weighted by molar-refractivity contribution is 7.91. The molecule has 0 atom stereocenters. The molecular weight excluding hydrogens is 250 g/mol. The lowest BCUT2D eigenvalue weighted by Crippen LogP contribution is -2.35. The van der Waals surface area contributed by atoms with Crippen LogP contribution in [0.2, 0.25) is 0 Å². The Bertz CT molecular complexity index is 477. The van der Waals surface area contributed by atoms with Gasteiger partial charge in [0.05, 0.1) is 0 Å². The minimum atomic E-state index is -3.65. The lowest BCUT2D eigenvalue weighted by atomic mass is 10.5. The summed E-state index contributed by atoms with van der Waals surface area (Å²) in [5, 5.41) is 8.63. The Labute approximate surface area is 98.4 Å². The van der Waals surface area contributed by atoms with Crippen molar-refractivity contribution >= 4 is 27.3 Å². The summed E-state index contributed by atoms with van der Waals surface area (Å²) < 4.78 is 25.1. The Morgan fingerprint density at radius 3 is 2.50 bits per heavy atom. The molecule has 0 saturated heterocycles. The van der Waals surface area contributed by atoms with E-state index < -0.39 is 22.5 Å². The maximum atomic E-state index is 12.0. The molecule has 0 radical (unpaired) electrons. The fourth-order valence-corrected chi connectivity index (χ4v) is 4.03. The quantitative estimate of drug-likeness (QED) is 0.864. The van der Waals surface area contributed by atoms with Gasteiger partial charge in [-0.15, -0.1) is 11.3 Å². The molecule has 16 heavy (non-hydrogen) atoms. The Morgan fingerprint density at radius 1 is 1.50 bits per heavy atom. The van der Waals surface area contributed by atoms with Gasteiger partial charge in [-0.2, -0.15) is 4.31 Å². The SMILES string of the molecule is CCN(CC(=O)O)S(=O)(=O)c1ccc(C)s1. The van der Waals surface area contributed by atoms with Gasteiger partial charge in [-0.25, -0.2) is 8.42 Å². The van der Waals surface area contributed by atoms with Crippen molar-refractivity contribution in [1.29, 1.82) is 0 Å². The second-order valence-corrected chi connectivity index (χ2v) is 6.64. The van der Waals surface area contributed by atoms with Crippen LogP contribution in [-0.2, 0) is 14.8 Å². The van der Waals surface area contributed by atoms with E-state index in [1.54, 1.807) is 19.9 Å². The van der Waals surface area contributed by atoms with E-state index in [-0.39, 0.29) is 10.8 Å². The molecule has 0 saturated carbocycles. The summed E-state index contributed by atoms with van der Waals surface area (Å²) in [6.07, 6.45) is 0. The molecule has 0 bridgehead atoms. The van der Waals surface area contributed by atoms with Crippen molar-refractivity contribution in [3.8, 4) is 0 Å². The number of thiophene rings is 1. The van der Waals surface area contributed by atoms with Crippen molar-refractivity contribution in [2.24, 2.45) is 0 Å². The van der Waals surface area contributed by atoms with E-state index in [1.807, 2.05) is 0 Å². The minimum Gasteiger partial charge on any atom is -0.480 e. The first-order chi connectivity index (χ1) is 7.37. The van der Waals surface area contributed by atoms with E-state index >= 15 is 0 Å². The van der Waals surface area contributed by atoms with E-state index in [0.717, 1.165) is 20.5 Å². The van der Waals surface area contributed by atoms with E-state index in [1.165, 1.54) is 6.07 Å². The van der Waals surface area contributed by atoms with Crippen molar-refractivity contribution < 1.29 is 18.3 Å². The molecule has 90 valence electrons. The summed E-state index contributed by atoms with van der Waals surface area (Å²) in [7, 11) is -3.65. The summed E-state index contributed by atoms with van der Waals surface area (Å²) in [6.45, 7) is 3.06. The number of carboxylic acid groups (broad SMARTS) is 1. The van der Waals surface area contributed by atoms with Gasteiger partial charge in [0.2, 0.25) is 0 Å². The van der Waals surface area contributed by atoms with Gasteiger partial charge in [0, 0.05) is 11.4 Å². The fraction of sp³-hybridized carbons (Fsp3) is 0.444. The van der Waals surface area contributed by atoms with Gasteiger partial charge in [0.1, 0.15) is 10.8 Å². The summed E-state index contributed by atoms with van der Waals surface area (Å²) in [5.41, 5.74) is 0. The van der Waals surface area contributed by atoms with Gasteiger partial charge in [0.15, 0.2) is 0 Å². The molecule has 0 aliphatic rings. The van der Waals surface area contributed by atoms with Gasteiger partial charge in [-0.3, -0.25) is 4.79 Å². The third kappa shape index (κ3) is 2.81. The molecule has 5 nitrogen and oxygen atoms in total. The molecule has 1 rings (SSSR count). The molecule has 1 aromatic rings. The number of rotatable bonds is 5. The standard InChI is InChI=1S/C9H13NO4S2/c1-3-10(6-8(11)12)16(13,14)9-5-4-7(2)15-9/h4-5H,3,6H2,1-2H3,(H,11,12). The van der Waals surface area contributed by atoms with Crippen LogP contribution in [0.15, 0.2) is 16.3 Å². The number of aliphatic carboxylic acids is 1. The number of hydrogen-bond donors (Lipinski definition) is 1. The van der Waals surface area contributed by atoms with Crippen molar-refractivity contribution in [2.45, 2.75) is 18.1 Å². The van der Waals surface area contributed by atoms with Crippen LogP contribution in [0.1, 0.15) is 11.8 Å². The lowest BCUT2D eigenvalue weighted by molar-refractivity contribution is -0.137. The predicted octanol–water partition coefficient (Wildman–Crippen LogP) is 1.15. The topological polar surface area (TPSA) is 74.7 Å². The molecule has 0 aromatic carbocycles. The molecule has 1 heterocycles. The highest BCUT2D eigenvalue weighted by atomic mass is 32.2. The Morgan fingerprint density at radius 2 is 2.12 bits per heavy atom. The zero-order chi connectivity index (χ0) is 12.3. The van der Waals surface area contributed by atoms with Crippen molar-refractivity contribution in [1.82, 2.24) is 4.31 Å². The molecule has 7 heteroatoms. The van der Waals surface area contributed by atoms with Crippen molar-refractivity contribution in [3.63, 3.8) is 0 Å². The maximum absolute atomic E-state index is 12.0. The molecule has 0 aliphatic carbocycles. The van der Waals surface area contributed by atoms with E-state index in [9.17, 15) is 13.2 Å². The van der Waals surface area contributed by atoms with E-state index in [0.29, 0.717) is 0 Å². The van der Waals surface area contributed by atoms with Crippen LogP contribution in [0.25, 0.3) is 0 Å². The number of nitrogens with zero attached hydrogens (tertiary/aromatic N) is 1. The fourth-order valence-electron chi connectivity index (χ4n) is 1.20. The maximum Gasteiger partial charge on any atom is 0.318 e. The second kappa shape index (κ2) is 4.94. The molecule has 1 aromatic heterocycles. The van der Waals surface area contributed by atoms with E-state index in [2.05, 4.69) is 0 Å². The van der Waals surface area contributed by atoms with Gasteiger partial charge in [0.25, 0.3) is 10.0 Å². The van der Waals surface area contributed by atoms with Crippen LogP contribution < -0.4 is 0 Å². The van der Waals surface area contributed by atoms with Crippen LogP contribution in [0, 0.1) is 6.92 Å². The number of carboxylic acids is 1. The van der Waals surface area contributed by atoms with Crippen molar-refractivity contribution in [2.75, 3.05) is 13.1 Å². The number of sulfonamides is 1. The lowest BCUT2D eigenvalue weighted by Gasteiger charge is -2.16. The first-order valence-corrected chi connectivity index (χ1v) is 6.92. The Kier molecular flexibility index (Phi) is 4.06. The van der Waals surface area contributed by atoms with Crippen LogP contribution in [-0.4, -0.2) is 36.9 Å². The first kappa shape index (κ1) is 13.1. The molecule has 0 aliphatic heterocycles. The minimum absolute atomic E-state index is 0.144. The molecular formula is C9H13NO4S2. The largest absolute Gasteiger partial charge is 0.480 e. The Balaban J connectivity index is 3.04. The van der Waals surface area contributed by atoms with Gasteiger partial charge >= 0.3 is 5.97 Å². The number of likely N-dealkylation sites (N-methyl/N-ethyl adjacent to an activating group) is 1. The second-order valence-electron chi connectivity index (χ2n) is 3.19. The number of hydrogen-bond acceptors (Lipinski definition) is 4. The molecule has 0 fully saturated rings. The third-order valence-corrected chi connectivity index (χ3v) is 5.36. The summed E-state index contributed by atoms with van der Waals surface area (Å²) in [5.74, 6) is -1.15. The zero-order valence-electron chi connectivity index (χ0n) is 9.00. The average molecular weight is 263 g/mol. The zero-order valence-corrected chi connectivity index (χ0v) is 10.6. The number of carbonyl (C=O) groups is 1. The van der Waals surface area contributed by atoms with E-state index in [4.69, 9.17) is 5.11 Å². The Hall–Kier alpha value is -0.920. The van der Waals surface area contributed by atoms with Crippen molar-refractivity contribution in [3.05, 3.63) is 17.0 Å². The van der Waals surface area contributed by atoms with Crippen LogP contribution in [0.3, 0.4) is 0 Å². The third-order valence-electron chi connectivity index (χ3n) is 1.97. The highest BCUT2D eigenvalue weighted by Crippen LogP contribution is 2.23. The van der Waals surface area contributed by atoms with Crippen LogP contribution in [0.4, 0.5) is 0 Å². The van der Waals surface area contributed by atoms with Gasteiger partial charge in [-0.05, 0) is 19.1 Å². The first-order valence-electron chi connectivity index (χ1n) is 4.66. The normalized spacial score (nSPS) is 11.9. The molecule has 0 amide bonds. The van der Waals surface area contributed by atoms with Gasteiger partial charge in [-0.1, -0.05) is 6.92 Å². The number of aryl methyl sites for hydroxylation is 1. The predicted molar refractivity (Wildman–Crippen MR) is 61.1 cm³/mol. The highest BCUT2D eigenvalue weighted by Gasteiger charge is 2.26. The summed E-state index contributed by atoms with van der Waals surface area (Å²) in [4.78, 5) is 11.4. The molecule has 1 N–H and O–H groups in total. The monoisotopic (exact) mass is 263 g/mol. The smallest absolute Gasteiger partial charge is 0.318 e. The van der Waals surface area contributed by atoms with Crippen LogP contribution >= 0.6 is 11.3 Å². The van der Waals surface area contributed by atoms with Crippen LogP contribution in [0.5, 0.6) is 0 Å². The molecule has 0 spiro atoms. The average Bonchev–Trinajstić information content (AvgIpc) is 2.61. The summed E-state index contributed by atoms with van der Waals surface area (Å²) in [6, 6.07) is 3.20.